The third kappa shape index (κ3) is 2.64. The number of halogens is 1. The number of para-hydroxylation sites is 1. The summed E-state index contributed by atoms with van der Waals surface area (Å²) in [6.07, 6.45) is 3.73. The summed E-state index contributed by atoms with van der Waals surface area (Å²) in [4.78, 5) is 15.1. The largest absolute Gasteiger partial charge is 0.455 e. The molecule has 2 aromatic carbocycles. The Balaban J connectivity index is 1.91. The third-order valence-corrected chi connectivity index (χ3v) is 4.98. The minimum absolute atomic E-state index is 0.0124. The summed E-state index contributed by atoms with van der Waals surface area (Å²) in [5.74, 6) is 0. The van der Waals surface area contributed by atoms with Crippen molar-refractivity contribution in [1.29, 1.82) is 0 Å². The zero-order valence-corrected chi connectivity index (χ0v) is 13.6. The van der Waals surface area contributed by atoms with Gasteiger partial charge in [-0.05, 0) is 50.2 Å². The maximum Gasteiger partial charge on any atom is 0.200 e. The first kappa shape index (κ1) is 14.7. The Morgan fingerprint density at radius 2 is 1.78 bits per heavy atom. The molecule has 0 atom stereocenters. The van der Waals surface area contributed by atoms with Crippen molar-refractivity contribution in [2.24, 2.45) is 0 Å². The molecule has 0 N–H and O–H groups in total. The van der Waals surface area contributed by atoms with Gasteiger partial charge in [0.25, 0.3) is 0 Å². The SMILES string of the molecule is O=c1c2ccccc2oc2c(CN3CCCCC3)c(Cl)ccc12. The zero-order valence-electron chi connectivity index (χ0n) is 12.8. The predicted molar refractivity (Wildman–Crippen MR) is 94.1 cm³/mol. The van der Waals surface area contributed by atoms with E-state index in [1.54, 1.807) is 12.1 Å². The molecule has 0 radical (unpaired) electrons. The predicted octanol–water partition coefficient (Wildman–Crippen LogP) is 4.59. The number of hydrogen-bond donors (Lipinski definition) is 0. The van der Waals surface area contributed by atoms with Gasteiger partial charge in [0.1, 0.15) is 11.2 Å². The van der Waals surface area contributed by atoms with Gasteiger partial charge in [-0.25, -0.2) is 0 Å². The molecular weight excluding hydrogens is 310 g/mol. The van der Waals surface area contributed by atoms with Crippen LogP contribution in [0.25, 0.3) is 21.9 Å². The average Bonchev–Trinajstić information content (AvgIpc) is 2.59. The Kier molecular flexibility index (Phi) is 3.83. The summed E-state index contributed by atoms with van der Waals surface area (Å²) < 4.78 is 6.07. The van der Waals surface area contributed by atoms with Crippen LogP contribution in [0.3, 0.4) is 0 Å². The first-order valence-corrected chi connectivity index (χ1v) is 8.47. The molecular formula is C19H18ClNO2. The van der Waals surface area contributed by atoms with Crippen molar-refractivity contribution in [1.82, 2.24) is 4.90 Å². The van der Waals surface area contributed by atoms with Crippen LogP contribution in [0.2, 0.25) is 5.02 Å². The van der Waals surface area contributed by atoms with Crippen molar-refractivity contribution in [2.75, 3.05) is 13.1 Å². The summed E-state index contributed by atoms with van der Waals surface area (Å²) in [7, 11) is 0. The van der Waals surface area contributed by atoms with Crippen LogP contribution >= 0.6 is 11.6 Å². The van der Waals surface area contributed by atoms with Crippen LogP contribution in [0.1, 0.15) is 24.8 Å². The molecule has 118 valence electrons. The Hall–Kier alpha value is -1.84. The molecule has 0 saturated carbocycles. The standard InChI is InChI=1S/C19H18ClNO2/c20-16-9-8-14-18(22)13-6-2-3-7-17(13)23-19(14)15(16)12-21-10-4-1-5-11-21/h2-3,6-9H,1,4-5,10-12H2. The lowest BCUT2D eigenvalue weighted by Gasteiger charge is -2.27. The van der Waals surface area contributed by atoms with E-state index in [1.807, 2.05) is 24.3 Å². The fourth-order valence-electron chi connectivity index (χ4n) is 3.39. The van der Waals surface area contributed by atoms with E-state index in [2.05, 4.69) is 4.90 Å². The molecule has 4 rings (SSSR count). The highest BCUT2D eigenvalue weighted by molar-refractivity contribution is 6.32. The lowest BCUT2D eigenvalue weighted by molar-refractivity contribution is 0.221. The van der Waals surface area contributed by atoms with E-state index >= 15 is 0 Å². The van der Waals surface area contributed by atoms with Gasteiger partial charge in [-0.1, -0.05) is 30.2 Å². The van der Waals surface area contributed by atoms with E-state index in [1.165, 1.54) is 19.3 Å². The van der Waals surface area contributed by atoms with Crippen molar-refractivity contribution < 1.29 is 4.42 Å². The molecule has 1 aliphatic heterocycles. The first-order valence-electron chi connectivity index (χ1n) is 8.09. The highest BCUT2D eigenvalue weighted by atomic mass is 35.5. The van der Waals surface area contributed by atoms with Crippen LogP contribution in [0.15, 0.2) is 45.6 Å². The number of piperidine rings is 1. The Morgan fingerprint density at radius 3 is 2.61 bits per heavy atom. The monoisotopic (exact) mass is 327 g/mol. The van der Waals surface area contributed by atoms with Crippen LogP contribution in [-0.2, 0) is 6.54 Å². The lowest BCUT2D eigenvalue weighted by atomic mass is 10.1. The molecule has 1 fully saturated rings. The van der Waals surface area contributed by atoms with Gasteiger partial charge in [-0.15, -0.1) is 0 Å². The van der Waals surface area contributed by atoms with Gasteiger partial charge in [0.2, 0.25) is 5.43 Å². The van der Waals surface area contributed by atoms with Crippen LogP contribution in [0.5, 0.6) is 0 Å². The molecule has 2 heterocycles. The second-order valence-corrected chi connectivity index (χ2v) is 6.57. The number of rotatable bonds is 2. The van der Waals surface area contributed by atoms with Gasteiger partial charge in [-0.2, -0.15) is 0 Å². The summed E-state index contributed by atoms with van der Waals surface area (Å²) in [6.45, 7) is 2.88. The molecule has 0 bridgehead atoms. The van der Waals surface area contributed by atoms with Crippen LogP contribution in [-0.4, -0.2) is 18.0 Å². The molecule has 3 nitrogen and oxygen atoms in total. The van der Waals surface area contributed by atoms with Gasteiger partial charge in [-0.3, -0.25) is 9.69 Å². The fourth-order valence-corrected chi connectivity index (χ4v) is 3.59. The highest BCUT2D eigenvalue weighted by Gasteiger charge is 2.18. The van der Waals surface area contributed by atoms with Crippen molar-refractivity contribution in [3.63, 3.8) is 0 Å². The number of fused-ring (bicyclic) bond motifs is 2. The minimum Gasteiger partial charge on any atom is -0.455 e. The van der Waals surface area contributed by atoms with E-state index in [0.717, 1.165) is 25.2 Å². The second-order valence-electron chi connectivity index (χ2n) is 6.17. The maximum absolute atomic E-state index is 12.7. The summed E-state index contributed by atoms with van der Waals surface area (Å²) in [6, 6.07) is 11.0. The molecule has 0 unspecified atom stereocenters. The lowest BCUT2D eigenvalue weighted by Crippen LogP contribution is -2.29. The third-order valence-electron chi connectivity index (χ3n) is 4.62. The smallest absolute Gasteiger partial charge is 0.200 e. The Bertz CT molecular complexity index is 926. The quantitative estimate of drug-likeness (QED) is 0.646. The van der Waals surface area contributed by atoms with Crippen LogP contribution in [0, 0.1) is 0 Å². The molecule has 1 aliphatic rings. The summed E-state index contributed by atoms with van der Waals surface area (Å²) >= 11 is 6.44. The average molecular weight is 328 g/mol. The fraction of sp³-hybridized carbons (Fsp3) is 0.316. The summed E-state index contributed by atoms with van der Waals surface area (Å²) in [5, 5.41) is 1.90. The van der Waals surface area contributed by atoms with E-state index in [-0.39, 0.29) is 5.43 Å². The zero-order chi connectivity index (χ0) is 15.8. The molecule has 1 aromatic heterocycles. The van der Waals surface area contributed by atoms with Gasteiger partial charge in [0.05, 0.1) is 10.8 Å². The number of nitrogens with zero attached hydrogens (tertiary/aromatic N) is 1. The first-order chi connectivity index (χ1) is 11.2. The Labute approximate surface area is 139 Å². The van der Waals surface area contributed by atoms with Crippen LogP contribution in [0.4, 0.5) is 0 Å². The van der Waals surface area contributed by atoms with Crippen molar-refractivity contribution >= 4 is 33.5 Å². The summed E-state index contributed by atoms with van der Waals surface area (Å²) in [5.41, 5.74) is 2.19. The number of hydrogen-bond acceptors (Lipinski definition) is 3. The molecule has 23 heavy (non-hydrogen) atoms. The molecule has 0 amide bonds. The maximum atomic E-state index is 12.7. The molecule has 0 spiro atoms. The van der Waals surface area contributed by atoms with Crippen molar-refractivity contribution in [3.05, 3.63) is 57.2 Å². The van der Waals surface area contributed by atoms with E-state index in [4.69, 9.17) is 16.0 Å². The molecule has 1 saturated heterocycles. The molecule has 3 aromatic rings. The normalized spacial score (nSPS) is 16.2. The second kappa shape index (κ2) is 5.99. The van der Waals surface area contributed by atoms with Gasteiger partial charge < -0.3 is 4.42 Å². The topological polar surface area (TPSA) is 33.5 Å². The van der Waals surface area contributed by atoms with Gasteiger partial charge >= 0.3 is 0 Å². The highest BCUT2D eigenvalue weighted by Crippen LogP contribution is 2.29. The van der Waals surface area contributed by atoms with E-state index < -0.39 is 0 Å². The number of likely N-dealkylation sites (tertiary alicyclic amines) is 1. The van der Waals surface area contributed by atoms with Crippen LogP contribution < -0.4 is 5.43 Å². The van der Waals surface area contributed by atoms with E-state index in [9.17, 15) is 4.79 Å². The van der Waals surface area contributed by atoms with Gasteiger partial charge in [0, 0.05) is 17.1 Å². The molecule has 0 aliphatic carbocycles. The van der Waals surface area contributed by atoms with E-state index in [0.29, 0.717) is 27.0 Å². The molecule has 4 heteroatoms. The number of benzene rings is 2. The Morgan fingerprint density at radius 1 is 1.00 bits per heavy atom. The van der Waals surface area contributed by atoms with Crippen molar-refractivity contribution in [2.45, 2.75) is 25.8 Å². The minimum atomic E-state index is 0.0124. The van der Waals surface area contributed by atoms with Gasteiger partial charge in [0.15, 0.2) is 0 Å². The van der Waals surface area contributed by atoms with Crippen molar-refractivity contribution in [3.8, 4) is 0 Å².